The fraction of sp³-hybridized carbons (Fsp3) is 0.600. The molecule has 2 rings (SSSR count). The Balaban J connectivity index is 2.00. The summed E-state index contributed by atoms with van der Waals surface area (Å²) in [4.78, 5) is 15.7. The van der Waals surface area contributed by atoms with E-state index < -0.39 is 0 Å². The molecule has 0 aromatic carbocycles. The molecule has 0 unspecified atom stereocenters. The normalized spacial score (nSPS) is 17.0. The summed E-state index contributed by atoms with van der Waals surface area (Å²) in [5.41, 5.74) is 0. The summed E-state index contributed by atoms with van der Waals surface area (Å²) < 4.78 is 1.79. The Morgan fingerprint density at radius 1 is 1.69 bits per heavy atom. The van der Waals surface area contributed by atoms with Crippen LogP contribution in [0.2, 0.25) is 0 Å². The Morgan fingerprint density at radius 2 is 2.46 bits per heavy atom. The Morgan fingerprint density at radius 3 is 2.92 bits per heavy atom. The SMILES string of the molecule is Cn1ccnc1C(=O)CC1CCC1. The molecule has 0 spiro atoms. The molecule has 1 saturated carbocycles. The molecule has 0 atom stereocenters. The van der Waals surface area contributed by atoms with Gasteiger partial charge in [0.2, 0.25) is 0 Å². The number of hydrogen-bond donors (Lipinski definition) is 0. The molecule has 3 nitrogen and oxygen atoms in total. The van der Waals surface area contributed by atoms with E-state index in [-0.39, 0.29) is 5.78 Å². The Hall–Kier alpha value is -1.12. The van der Waals surface area contributed by atoms with Crippen molar-refractivity contribution >= 4 is 5.78 Å². The molecule has 0 bridgehead atoms. The van der Waals surface area contributed by atoms with Crippen LogP contribution in [0.1, 0.15) is 36.3 Å². The van der Waals surface area contributed by atoms with Gasteiger partial charge in [-0.3, -0.25) is 4.79 Å². The summed E-state index contributed by atoms with van der Waals surface area (Å²) in [5, 5.41) is 0. The lowest BCUT2D eigenvalue weighted by Gasteiger charge is -2.24. The average molecular weight is 178 g/mol. The first kappa shape index (κ1) is 8.48. The minimum atomic E-state index is 0.192. The first-order chi connectivity index (χ1) is 6.27. The van der Waals surface area contributed by atoms with Gasteiger partial charge in [-0.15, -0.1) is 0 Å². The fourth-order valence-corrected chi connectivity index (χ4v) is 1.68. The number of nitrogens with zero attached hydrogens (tertiary/aromatic N) is 2. The molecular weight excluding hydrogens is 164 g/mol. The zero-order valence-corrected chi connectivity index (χ0v) is 7.86. The van der Waals surface area contributed by atoms with E-state index in [1.165, 1.54) is 19.3 Å². The molecule has 1 aromatic rings. The molecule has 3 heteroatoms. The molecule has 1 aliphatic rings. The van der Waals surface area contributed by atoms with Crippen molar-refractivity contribution in [3.8, 4) is 0 Å². The lowest BCUT2D eigenvalue weighted by molar-refractivity contribution is 0.0923. The number of rotatable bonds is 3. The van der Waals surface area contributed by atoms with Crippen LogP contribution in [-0.2, 0) is 7.05 Å². The van der Waals surface area contributed by atoms with E-state index in [1.807, 2.05) is 13.2 Å². The van der Waals surface area contributed by atoms with Crippen LogP contribution in [0, 0.1) is 5.92 Å². The van der Waals surface area contributed by atoms with Gasteiger partial charge in [0.15, 0.2) is 11.6 Å². The summed E-state index contributed by atoms with van der Waals surface area (Å²) in [6.07, 6.45) is 7.90. The smallest absolute Gasteiger partial charge is 0.198 e. The van der Waals surface area contributed by atoms with Crippen molar-refractivity contribution in [1.29, 1.82) is 0 Å². The zero-order chi connectivity index (χ0) is 9.26. The lowest BCUT2D eigenvalue weighted by Crippen LogP contribution is -2.18. The lowest BCUT2D eigenvalue weighted by atomic mass is 9.82. The van der Waals surface area contributed by atoms with Gasteiger partial charge in [-0.25, -0.2) is 4.98 Å². The number of carbonyl (C=O) groups is 1. The third-order valence-electron chi connectivity index (χ3n) is 2.77. The van der Waals surface area contributed by atoms with Gasteiger partial charge < -0.3 is 4.57 Å². The highest BCUT2D eigenvalue weighted by molar-refractivity contribution is 5.92. The quantitative estimate of drug-likeness (QED) is 0.661. The highest BCUT2D eigenvalue weighted by atomic mass is 16.1. The van der Waals surface area contributed by atoms with Gasteiger partial charge in [-0.05, 0) is 18.8 Å². The first-order valence-electron chi connectivity index (χ1n) is 4.78. The summed E-state index contributed by atoms with van der Waals surface area (Å²) in [6.45, 7) is 0. The highest BCUT2D eigenvalue weighted by Gasteiger charge is 2.22. The molecule has 1 heterocycles. The third kappa shape index (κ3) is 1.64. The second-order valence-corrected chi connectivity index (χ2v) is 3.79. The molecular formula is C10H14N2O. The van der Waals surface area contributed by atoms with Crippen molar-refractivity contribution in [3.63, 3.8) is 0 Å². The van der Waals surface area contributed by atoms with E-state index >= 15 is 0 Å². The number of Topliss-reactive ketones (excluding diaryl/α,β-unsaturated/α-hetero) is 1. The number of aromatic nitrogens is 2. The first-order valence-corrected chi connectivity index (χ1v) is 4.78. The molecule has 1 aromatic heterocycles. The Labute approximate surface area is 77.8 Å². The number of ketones is 1. The van der Waals surface area contributed by atoms with E-state index in [1.54, 1.807) is 10.8 Å². The van der Waals surface area contributed by atoms with Crippen molar-refractivity contribution < 1.29 is 4.79 Å². The van der Waals surface area contributed by atoms with E-state index in [0.29, 0.717) is 18.2 Å². The predicted octanol–water partition coefficient (Wildman–Crippen LogP) is 1.79. The van der Waals surface area contributed by atoms with E-state index in [4.69, 9.17) is 0 Å². The van der Waals surface area contributed by atoms with E-state index in [9.17, 15) is 4.79 Å². The van der Waals surface area contributed by atoms with Gasteiger partial charge in [0.1, 0.15) is 0 Å². The number of hydrogen-bond acceptors (Lipinski definition) is 2. The van der Waals surface area contributed by atoms with Gasteiger partial charge in [0.25, 0.3) is 0 Å². The summed E-state index contributed by atoms with van der Waals surface area (Å²) in [5.74, 6) is 1.42. The van der Waals surface area contributed by atoms with Crippen molar-refractivity contribution in [1.82, 2.24) is 9.55 Å². The van der Waals surface area contributed by atoms with Crippen molar-refractivity contribution in [3.05, 3.63) is 18.2 Å². The molecule has 0 N–H and O–H groups in total. The van der Waals surface area contributed by atoms with Gasteiger partial charge in [0.05, 0.1) is 0 Å². The molecule has 70 valence electrons. The van der Waals surface area contributed by atoms with Gasteiger partial charge in [-0.2, -0.15) is 0 Å². The maximum atomic E-state index is 11.6. The third-order valence-corrected chi connectivity index (χ3v) is 2.77. The van der Waals surface area contributed by atoms with Gasteiger partial charge >= 0.3 is 0 Å². The van der Waals surface area contributed by atoms with Crippen LogP contribution in [0.3, 0.4) is 0 Å². The maximum absolute atomic E-state index is 11.6. The molecule has 1 aliphatic carbocycles. The summed E-state index contributed by atoms with van der Waals surface area (Å²) in [6, 6.07) is 0. The standard InChI is InChI=1S/C10H14N2O/c1-12-6-5-11-10(12)9(13)7-8-3-2-4-8/h5-6,8H,2-4,7H2,1H3. The van der Waals surface area contributed by atoms with Crippen LogP contribution < -0.4 is 0 Å². The molecule has 0 saturated heterocycles. The zero-order valence-electron chi connectivity index (χ0n) is 7.86. The van der Waals surface area contributed by atoms with Crippen molar-refractivity contribution in [2.75, 3.05) is 0 Å². The van der Waals surface area contributed by atoms with Crippen LogP contribution >= 0.6 is 0 Å². The maximum Gasteiger partial charge on any atom is 0.198 e. The summed E-state index contributed by atoms with van der Waals surface area (Å²) in [7, 11) is 1.86. The van der Waals surface area contributed by atoms with Crippen LogP contribution in [0.15, 0.2) is 12.4 Å². The predicted molar refractivity (Wildman–Crippen MR) is 49.5 cm³/mol. The molecule has 0 amide bonds. The van der Waals surface area contributed by atoms with Crippen LogP contribution in [0.25, 0.3) is 0 Å². The average Bonchev–Trinajstić information content (AvgIpc) is 2.43. The summed E-state index contributed by atoms with van der Waals surface area (Å²) >= 11 is 0. The molecule has 0 aliphatic heterocycles. The topological polar surface area (TPSA) is 34.9 Å². The second kappa shape index (κ2) is 3.32. The van der Waals surface area contributed by atoms with Crippen LogP contribution in [-0.4, -0.2) is 15.3 Å². The van der Waals surface area contributed by atoms with Crippen LogP contribution in [0.4, 0.5) is 0 Å². The largest absolute Gasteiger partial charge is 0.332 e. The van der Waals surface area contributed by atoms with E-state index in [0.717, 1.165) is 0 Å². The van der Waals surface area contributed by atoms with Gasteiger partial charge in [0, 0.05) is 25.9 Å². The minimum Gasteiger partial charge on any atom is -0.332 e. The monoisotopic (exact) mass is 178 g/mol. The minimum absolute atomic E-state index is 0.192. The second-order valence-electron chi connectivity index (χ2n) is 3.79. The van der Waals surface area contributed by atoms with E-state index in [2.05, 4.69) is 4.98 Å². The van der Waals surface area contributed by atoms with Crippen molar-refractivity contribution in [2.45, 2.75) is 25.7 Å². The molecule has 13 heavy (non-hydrogen) atoms. The Bertz CT molecular complexity index is 312. The Kier molecular flexibility index (Phi) is 2.17. The van der Waals surface area contributed by atoms with Gasteiger partial charge in [-0.1, -0.05) is 6.42 Å². The number of carbonyl (C=O) groups excluding carboxylic acids is 1. The number of aryl methyl sites for hydroxylation is 1. The highest BCUT2D eigenvalue weighted by Crippen LogP contribution is 2.30. The van der Waals surface area contributed by atoms with Crippen molar-refractivity contribution in [2.24, 2.45) is 13.0 Å². The molecule has 1 fully saturated rings. The molecule has 0 radical (unpaired) electrons. The van der Waals surface area contributed by atoms with Crippen LogP contribution in [0.5, 0.6) is 0 Å². The number of imidazole rings is 1. The fourth-order valence-electron chi connectivity index (χ4n) is 1.68.